The molecule has 0 spiro atoms. The molecule has 2 aliphatic heterocycles. The molecule has 2 heterocycles. The van der Waals surface area contributed by atoms with Crippen molar-refractivity contribution < 1.29 is 14.7 Å². The second kappa shape index (κ2) is 5.46. The second-order valence-corrected chi connectivity index (χ2v) is 4.61. The van der Waals surface area contributed by atoms with Crippen molar-refractivity contribution in [2.24, 2.45) is 0 Å². The van der Waals surface area contributed by atoms with Crippen LogP contribution < -0.4 is 5.32 Å². The monoisotopic (exact) mass is 241 g/mol. The van der Waals surface area contributed by atoms with Crippen LogP contribution in [0, 0.1) is 0 Å². The Morgan fingerprint density at radius 2 is 1.94 bits per heavy atom. The SMILES string of the molecule is O=C(O)C1CCCN1C(=O)CN1CCNCC1. The number of nitrogens with one attached hydrogen (secondary N) is 1. The molecule has 0 aliphatic carbocycles. The summed E-state index contributed by atoms with van der Waals surface area (Å²) in [5, 5.41) is 12.2. The minimum Gasteiger partial charge on any atom is -0.480 e. The van der Waals surface area contributed by atoms with Gasteiger partial charge in [-0.2, -0.15) is 0 Å². The van der Waals surface area contributed by atoms with Crippen LogP contribution in [0.15, 0.2) is 0 Å². The lowest BCUT2D eigenvalue weighted by Crippen LogP contribution is -2.50. The van der Waals surface area contributed by atoms with E-state index in [9.17, 15) is 9.59 Å². The van der Waals surface area contributed by atoms with Gasteiger partial charge in [0.15, 0.2) is 0 Å². The number of carboxylic acids is 1. The van der Waals surface area contributed by atoms with Gasteiger partial charge in [-0.15, -0.1) is 0 Å². The first kappa shape index (κ1) is 12.3. The Hall–Kier alpha value is -1.14. The summed E-state index contributed by atoms with van der Waals surface area (Å²) in [6, 6.07) is -0.606. The summed E-state index contributed by atoms with van der Waals surface area (Å²) >= 11 is 0. The molecule has 0 aromatic heterocycles. The van der Waals surface area contributed by atoms with Crippen molar-refractivity contribution in [3.8, 4) is 0 Å². The number of hydrogen-bond acceptors (Lipinski definition) is 4. The number of carbonyl (C=O) groups excluding carboxylic acids is 1. The molecule has 0 radical (unpaired) electrons. The van der Waals surface area contributed by atoms with Crippen LogP contribution in [-0.4, -0.2) is 72.1 Å². The minimum atomic E-state index is -0.879. The van der Waals surface area contributed by atoms with Crippen molar-refractivity contribution in [3.63, 3.8) is 0 Å². The van der Waals surface area contributed by atoms with E-state index >= 15 is 0 Å². The highest BCUT2D eigenvalue weighted by Crippen LogP contribution is 2.17. The number of rotatable bonds is 3. The molecular formula is C11H19N3O3. The molecule has 2 fully saturated rings. The van der Waals surface area contributed by atoms with Crippen molar-refractivity contribution >= 4 is 11.9 Å². The maximum Gasteiger partial charge on any atom is 0.326 e. The van der Waals surface area contributed by atoms with Crippen LogP contribution in [0.4, 0.5) is 0 Å². The molecule has 0 aromatic carbocycles. The zero-order valence-corrected chi connectivity index (χ0v) is 9.89. The normalized spacial score (nSPS) is 26.1. The lowest BCUT2D eigenvalue weighted by Gasteiger charge is -2.29. The van der Waals surface area contributed by atoms with E-state index in [1.54, 1.807) is 0 Å². The number of nitrogens with zero attached hydrogens (tertiary/aromatic N) is 2. The largest absolute Gasteiger partial charge is 0.480 e. The summed E-state index contributed by atoms with van der Waals surface area (Å²) < 4.78 is 0. The quantitative estimate of drug-likeness (QED) is 0.661. The molecule has 1 unspecified atom stereocenters. The molecule has 0 aromatic rings. The van der Waals surface area contributed by atoms with E-state index in [1.807, 2.05) is 0 Å². The van der Waals surface area contributed by atoms with E-state index in [2.05, 4.69) is 10.2 Å². The van der Waals surface area contributed by atoms with Gasteiger partial charge in [0.1, 0.15) is 6.04 Å². The summed E-state index contributed by atoms with van der Waals surface area (Å²) in [6.45, 7) is 4.45. The van der Waals surface area contributed by atoms with Gasteiger partial charge in [0.2, 0.25) is 5.91 Å². The number of carbonyl (C=O) groups is 2. The van der Waals surface area contributed by atoms with Crippen molar-refractivity contribution in [2.75, 3.05) is 39.3 Å². The molecule has 2 saturated heterocycles. The Balaban J connectivity index is 1.88. The van der Waals surface area contributed by atoms with Crippen LogP contribution >= 0.6 is 0 Å². The maximum absolute atomic E-state index is 12.0. The van der Waals surface area contributed by atoms with Crippen molar-refractivity contribution in [2.45, 2.75) is 18.9 Å². The van der Waals surface area contributed by atoms with Gasteiger partial charge < -0.3 is 15.3 Å². The van der Waals surface area contributed by atoms with Gasteiger partial charge >= 0.3 is 5.97 Å². The number of likely N-dealkylation sites (tertiary alicyclic amines) is 1. The summed E-state index contributed by atoms with van der Waals surface area (Å²) in [5.41, 5.74) is 0. The summed E-state index contributed by atoms with van der Waals surface area (Å²) in [6.07, 6.45) is 1.38. The average molecular weight is 241 g/mol. The third-order valence-electron chi connectivity index (χ3n) is 3.43. The smallest absolute Gasteiger partial charge is 0.326 e. The predicted octanol–water partition coefficient (Wildman–Crippen LogP) is -1.03. The van der Waals surface area contributed by atoms with Crippen LogP contribution in [0.2, 0.25) is 0 Å². The Kier molecular flexibility index (Phi) is 3.96. The molecule has 96 valence electrons. The molecule has 1 amide bonds. The second-order valence-electron chi connectivity index (χ2n) is 4.61. The van der Waals surface area contributed by atoms with E-state index in [1.165, 1.54) is 4.90 Å². The van der Waals surface area contributed by atoms with Crippen LogP contribution in [0.5, 0.6) is 0 Å². The number of piperazine rings is 1. The maximum atomic E-state index is 12.0. The molecular weight excluding hydrogens is 222 g/mol. The van der Waals surface area contributed by atoms with E-state index in [4.69, 9.17) is 5.11 Å². The summed E-state index contributed by atoms with van der Waals surface area (Å²) in [5.74, 6) is -0.923. The van der Waals surface area contributed by atoms with Gasteiger partial charge in [0, 0.05) is 32.7 Å². The zero-order chi connectivity index (χ0) is 12.3. The fourth-order valence-electron chi connectivity index (χ4n) is 2.47. The van der Waals surface area contributed by atoms with Crippen molar-refractivity contribution in [1.29, 1.82) is 0 Å². The minimum absolute atomic E-state index is 0.0446. The first-order valence-electron chi connectivity index (χ1n) is 6.14. The molecule has 2 N–H and O–H groups in total. The molecule has 0 saturated carbocycles. The summed E-state index contributed by atoms with van der Waals surface area (Å²) in [7, 11) is 0. The average Bonchev–Trinajstić information content (AvgIpc) is 2.79. The van der Waals surface area contributed by atoms with Crippen LogP contribution in [0.3, 0.4) is 0 Å². The van der Waals surface area contributed by atoms with Crippen molar-refractivity contribution in [3.05, 3.63) is 0 Å². The van der Waals surface area contributed by atoms with Crippen LogP contribution in [-0.2, 0) is 9.59 Å². The van der Waals surface area contributed by atoms with Gasteiger partial charge in [0.25, 0.3) is 0 Å². The molecule has 17 heavy (non-hydrogen) atoms. The van der Waals surface area contributed by atoms with Gasteiger partial charge in [-0.1, -0.05) is 0 Å². The molecule has 1 atom stereocenters. The van der Waals surface area contributed by atoms with Gasteiger partial charge in [-0.05, 0) is 12.8 Å². The molecule has 2 rings (SSSR count). The fraction of sp³-hybridized carbons (Fsp3) is 0.818. The van der Waals surface area contributed by atoms with Crippen LogP contribution in [0.1, 0.15) is 12.8 Å². The lowest BCUT2D eigenvalue weighted by atomic mass is 10.2. The summed E-state index contributed by atoms with van der Waals surface area (Å²) in [4.78, 5) is 26.6. The third-order valence-corrected chi connectivity index (χ3v) is 3.43. The number of hydrogen-bond donors (Lipinski definition) is 2. The molecule has 6 heteroatoms. The predicted molar refractivity (Wildman–Crippen MR) is 61.7 cm³/mol. The lowest BCUT2D eigenvalue weighted by molar-refractivity contribution is -0.148. The van der Waals surface area contributed by atoms with E-state index in [0.29, 0.717) is 19.5 Å². The van der Waals surface area contributed by atoms with E-state index < -0.39 is 12.0 Å². The number of amides is 1. The first-order valence-corrected chi connectivity index (χ1v) is 6.14. The number of carboxylic acid groups (broad SMARTS) is 1. The fourth-order valence-corrected chi connectivity index (χ4v) is 2.47. The third kappa shape index (κ3) is 2.95. The molecule has 0 bridgehead atoms. The van der Waals surface area contributed by atoms with E-state index in [0.717, 1.165) is 32.6 Å². The highest BCUT2D eigenvalue weighted by atomic mass is 16.4. The number of aliphatic carboxylic acids is 1. The zero-order valence-electron chi connectivity index (χ0n) is 9.89. The Labute approximate surface area is 101 Å². The first-order chi connectivity index (χ1) is 8.18. The van der Waals surface area contributed by atoms with Crippen molar-refractivity contribution in [1.82, 2.24) is 15.1 Å². The Morgan fingerprint density at radius 3 is 2.59 bits per heavy atom. The molecule has 2 aliphatic rings. The van der Waals surface area contributed by atoms with Gasteiger partial charge in [-0.25, -0.2) is 4.79 Å². The highest BCUT2D eigenvalue weighted by Gasteiger charge is 2.34. The van der Waals surface area contributed by atoms with Gasteiger partial charge in [-0.3, -0.25) is 9.69 Å². The standard InChI is InChI=1S/C11H19N3O3/c15-10(8-13-6-3-12-4-7-13)14-5-1-2-9(14)11(16)17/h9,12H,1-8H2,(H,16,17). The Morgan fingerprint density at radius 1 is 1.24 bits per heavy atom. The topological polar surface area (TPSA) is 72.9 Å². The molecule has 6 nitrogen and oxygen atoms in total. The highest BCUT2D eigenvalue weighted by molar-refractivity contribution is 5.85. The Bertz CT molecular complexity index is 302. The van der Waals surface area contributed by atoms with Gasteiger partial charge in [0.05, 0.1) is 6.54 Å². The van der Waals surface area contributed by atoms with E-state index in [-0.39, 0.29) is 5.91 Å². The van der Waals surface area contributed by atoms with Crippen LogP contribution in [0.25, 0.3) is 0 Å².